The average molecular weight is 409 g/mol. The second-order valence-electron chi connectivity index (χ2n) is 8.43. The Labute approximate surface area is 171 Å². The molecule has 2 aliphatic rings. The van der Waals surface area contributed by atoms with E-state index in [1.54, 1.807) is 13.0 Å². The van der Waals surface area contributed by atoms with E-state index in [1.807, 2.05) is 13.8 Å². The fourth-order valence-electron chi connectivity index (χ4n) is 4.07. The summed E-state index contributed by atoms with van der Waals surface area (Å²) >= 11 is 5.94. The van der Waals surface area contributed by atoms with Crippen LogP contribution in [-0.2, 0) is 14.4 Å². The minimum atomic E-state index is -0.786. The molecular formula is C22H29ClO5. The van der Waals surface area contributed by atoms with Gasteiger partial charge in [0.05, 0.1) is 16.7 Å². The number of hydrogen-bond acceptors (Lipinski definition) is 5. The lowest BCUT2D eigenvalue weighted by molar-refractivity contribution is -0.133. The highest BCUT2D eigenvalue weighted by Gasteiger charge is 2.44. The zero-order valence-corrected chi connectivity index (χ0v) is 17.9. The van der Waals surface area contributed by atoms with Crippen LogP contribution in [0.2, 0.25) is 0 Å². The lowest BCUT2D eigenvalue weighted by Gasteiger charge is -2.45. The maximum Gasteiger partial charge on any atom is 0.233 e. The molecule has 0 aromatic carbocycles. The summed E-state index contributed by atoms with van der Waals surface area (Å²) in [7, 11) is 0. The maximum absolute atomic E-state index is 12.2. The summed E-state index contributed by atoms with van der Waals surface area (Å²) in [5.74, 6) is -1.47. The van der Waals surface area contributed by atoms with Crippen LogP contribution in [0.3, 0.4) is 0 Å². The first kappa shape index (κ1) is 22.6. The molecule has 0 radical (unpaired) electrons. The number of Topliss-reactive ketones (excluding diaryl/α,β-unsaturated/α-hetero) is 3. The van der Waals surface area contributed by atoms with E-state index >= 15 is 0 Å². The van der Waals surface area contributed by atoms with Crippen molar-refractivity contribution in [2.75, 3.05) is 0 Å². The van der Waals surface area contributed by atoms with Crippen LogP contribution in [0.1, 0.15) is 60.3 Å². The molecule has 0 aromatic rings. The summed E-state index contributed by atoms with van der Waals surface area (Å²) in [6.07, 6.45) is 2.68. The van der Waals surface area contributed by atoms with Crippen LogP contribution in [0, 0.1) is 17.3 Å². The van der Waals surface area contributed by atoms with Crippen molar-refractivity contribution >= 4 is 29.0 Å². The molecule has 28 heavy (non-hydrogen) atoms. The van der Waals surface area contributed by atoms with Gasteiger partial charge in [0.25, 0.3) is 0 Å². The summed E-state index contributed by atoms with van der Waals surface area (Å²) in [4.78, 5) is 36.3. The van der Waals surface area contributed by atoms with Gasteiger partial charge in [0.2, 0.25) is 11.6 Å². The van der Waals surface area contributed by atoms with E-state index in [2.05, 4.69) is 6.92 Å². The molecule has 2 aliphatic carbocycles. The first-order valence-corrected chi connectivity index (χ1v) is 10.0. The third kappa shape index (κ3) is 4.01. The van der Waals surface area contributed by atoms with Gasteiger partial charge in [-0.1, -0.05) is 38.4 Å². The van der Waals surface area contributed by atoms with Crippen LogP contribution in [0.15, 0.2) is 33.6 Å². The number of aliphatic hydroxyl groups is 2. The molecule has 0 aliphatic heterocycles. The number of carbonyl (C=O) groups is 3. The van der Waals surface area contributed by atoms with Crippen molar-refractivity contribution in [3.8, 4) is 0 Å². The zero-order valence-electron chi connectivity index (χ0n) is 17.1. The fraction of sp³-hybridized carbons (Fsp3) is 0.591. The monoisotopic (exact) mass is 408 g/mol. The van der Waals surface area contributed by atoms with Crippen molar-refractivity contribution in [3.05, 3.63) is 33.6 Å². The molecule has 1 saturated carbocycles. The standard InChI is InChI=1S/C22H29ClO5/c1-11(6-8-15-20(27)18(23)13(3)19(26)21(15)28)17(25)10-22(5)12(2)7-9-16(24)14(22)4/h6,12,14,17,25,27H,7-10H2,1-5H3/b11-6+. The van der Waals surface area contributed by atoms with Crippen molar-refractivity contribution in [1.82, 2.24) is 0 Å². The van der Waals surface area contributed by atoms with Gasteiger partial charge in [0.15, 0.2) is 0 Å². The predicted octanol–water partition coefficient (Wildman–Crippen LogP) is 4.19. The first-order chi connectivity index (χ1) is 12.9. The highest BCUT2D eigenvalue weighted by atomic mass is 35.5. The molecule has 4 unspecified atom stereocenters. The number of aliphatic hydroxyl groups excluding tert-OH is 2. The van der Waals surface area contributed by atoms with Crippen LogP contribution >= 0.6 is 11.6 Å². The number of rotatable bonds is 5. The smallest absolute Gasteiger partial charge is 0.233 e. The largest absolute Gasteiger partial charge is 0.506 e. The molecule has 6 heteroatoms. The second-order valence-corrected chi connectivity index (χ2v) is 8.81. The van der Waals surface area contributed by atoms with Gasteiger partial charge in [0.1, 0.15) is 11.5 Å². The zero-order chi connectivity index (χ0) is 21.4. The molecule has 2 rings (SSSR count). The van der Waals surface area contributed by atoms with Gasteiger partial charge < -0.3 is 10.2 Å². The van der Waals surface area contributed by atoms with E-state index in [0.717, 1.165) is 6.42 Å². The highest BCUT2D eigenvalue weighted by molar-refractivity contribution is 6.53. The Morgan fingerprint density at radius 3 is 2.50 bits per heavy atom. The first-order valence-electron chi connectivity index (χ1n) is 9.67. The molecule has 2 N–H and O–H groups in total. The van der Waals surface area contributed by atoms with Crippen molar-refractivity contribution in [2.45, 2.75) is 66.4 Å². The molecule has 5 nitrogen and oxygen atoms in total. The molecule has 0 bridgehead atoms. The van der Waals surface area contributed by atoms with Gasteiger partial charge in [-0.05, 0) is 50.0 Å². The summed E-state index contributed by atoms with van der Waals surface area (Å²) in [5.41, 5.74) is 0.284. The Hall–Kier alpha value is -1.72. The number of carbonyl (C=O) groups excluding carboxylic acids is 3. The van der Waals surface area contributed by atoms with Crippen molar-refractivity contribution in [1.29, 1.82) is 0 Å². The van der Waals surface area contributed by atoms with Crippen LogP contribution in [-0.4, -0.2) is 33.7 Å². The van der Waals surface area contributed by atoms with E-state index in [0.29, 0.717) is 24.3 Å². The minimum Gasteiger partial charge on any atom is -0.506 e. The Morgan fingerprint density at radius 2 is 1.89 bits per heavy atom. The lowest BCUT2D eigenvalue weighted by atomic mass is 9.59. The molecule has 1 fully saturated rings. The van der Waals surface area contributed by atoms with Gasteiger partial charge in [-0.25, -0.2) is 0 Å². The minimum absolute atomic E-state index is 0.00352. The van der Waals surface area contributed by atoms with Gasteiger partial charge in [-0.15, -0.1) is 0 Å². The van der Waals surface area contributed by atoms with Crippen LogP contribution < -0.4 is 0 Å². The van der Waals surface area contributed by atoms with E-state index in [9.17, 15) is 24.6 Å². The van der Waals surface area contributed by atoms with Gasteiger partial charge in [0, 0.05) is 17.9 Å². The second kappa shape index (κ2) is 8.34. The summed E-state index contributed by atoms with van der Waals surface area (Å²) in [6.45, 7) is 9.22. The molecule has 4 atom stereocenters. The molecule has 0 amide bonds. The maximum atomic E-state index is 12.2. The van der Waals surface area contributed by atoms with Crippen LogP contribution in [0.25, 0.3) is 0 Å². The summed E-state index contributed by atoms with van der Waals surface area (Å²) < 4.78 is 0. The topological polar surface area (TPSA) is 91.7 Å². The van der Waals surface area contributed by atoms with Gasteiger partial charge in [-0.3, -0.25) is 14.4 Å². The Kier molecular flexibility index (Phi) is 6.72. The quantitative estimate of drug-likeness (QED) is 0.404. The fourth-order valence-corrected chi connectivity index (χ4v) is 4.27. The van der Waals surface area contributed by atoms with Crippen molar-refractivity contribution in [2.24, 2.45) is 17.3 Å². The van der Waals surface area contributed by atoms with E-state index in [-0.39, 0.29) is 45.5 Å². The van der Waals surface area contributed by atoms with Crippen LogP contribution in [0.5, 0.6) is 0 Å². The predicted molar refractivity (Wildman–Crippen MR) is 108 cm³/mol. The molecular weight excluding hydrogens is 380 g/mol. The van der Waals surface area contributed by atoms with Gasteiger partial charge in [-0.2, -0.15) is 0 Å². The third-order valence-corrected chi connectivity index (χ3v) is 7.32. The number of allylic oxidation sites excluding steroid dienone is 4. The average Bonchev–Trinajstić information content (AvgIpc) is 2.66. The molecule has 0 spiro atoms. The Bertz CT molecular complexity index is 804. The molecule has 0 heterocycles. The number of halogens is 1. The number of ketones is 3. The van der Waals surface area contributed by atoms with Crippen LogP contribution in [0.4, 0.5) is 0 Å². The summed E-state index contributed by atoms with van der Waals surface area (Å²) in [5, 5.41) is 20.7. The SMILES string of the molecule is CC1=C(Cl)C(O)=C(C/C=C(\C)C(O)CC2(C)C(C)CCC(=O)C2C)C(=O)C1=O. The summed E-state index contributed by atoms with van der Waals surface area (Å²) in [6, 6.07) is 0. The Morgan fingerprint density at radius 1 is 1.29 bits per heavy atom. The van der Waals surface area contributed by atoms with E-state index in [4.69, 9.17) is 11.6 Å². The van der Waals surface area contributed by atoms with E-state index < -0.39 is 17.7 Å². The molecule has 154 valence electrons. The molecule has 0 aromatic heterocycles. The molecule has 0 saturated heterocycles. The number of hydrogen-bond donors (Lipinski definition) is 2. The highest BCUT2D eigenvalue weighted by Crippen LogP contribution is 2.47. The van der Waals surface area contributed by atoms with Crippen molar-refractivity contribution in [3.63, 3.8) is 0 Å². The van der Waals surface area contributed by atoms with E-state index in [1.165, 1.54) is 6.92 Å². The normalized spacial score (nSPS) is 31.0. The van der Waals surface area contributed by atoms with Crippen molar-refractivity contribution < 1.29 is 24.6 Å². The lowest BCUT2D eigenvalue weighted by Crippen LogP contribution is -2.43. The van der Waals surface area contributed by atoms with Gasteiger partial charge >= 0.3 is 0 Å². The third-order valence-electron chi connectivity index (χ3n) is 6.85. The Balaban J connectivity index is 2.18.